The van der Waals surface area contributed by atoms with Crippen molar-refractivity contribution < 1.29 is 13.2 Å². The third-order valence-electron chi connectivity index (χ3n) is 4.13. The van der Waals surface area contributed by atoms with Crippen molar-refractivity contribution in [3.05, 3.63) is 88.9 Å². The zero-order valence-corrected chi connectivity index (χ0v) is 18.2. The molecule has 6 nitrogen and oxygen atoms in total. The van der Waals surface area contributed by atoms with Crippen LogP contribution in [0.3, 0.4) is 0 Å². The summed E-state index contributed by atoms with van der Waals surface area (Å²) in [6.45, 7) is 1.92. The molecule has 0 aliphatic carbocycles. The van der Waals surface area contributed by atoms with Crippen LogP contribution in [-0.2, 0) is 10.0 Å². The van der Waals surface area contributed by atoms with Crippen LogP contribution in [0.4, 0.5) is 11.4 Å². The summed E-state index contributed by atoms with van der Waals surface area (Å²) >= 11 is 11.3. The number of hydrogen-bond donors (Lipinski definition) is 3. The third-order valence-corrected chi connectivity index (χ3v) is 5.92. The Morgan fingerprint density at radius 2 is 1.60 bits per heavy atom. The van der Waals surface area contributed by atoms with E-state index in [-0.39, 0.29) is 10.5 Å². The summed E-state index contributed by atoms with van der Waals surface area (Å²) in [5.41, 5.74) is 2.58. The molecule has 0 spiro atoms. The van der Waals surface area contributed by atoms with Crippen molar-refractivity contribution in [2.45, 2.75) is 11.8 Å². The lowest BCUT2D eigenvalue weighted by atomic mass is 10.2. The zero-order chi connectivity index (χ0) is 21.7. The fourth-order valence-corrected chi connectivity index (χ4v) is 3.93. The van der Waals surface area contributed by atoms with E-state index in [2.05, 4.69) is 15.4 Å². The lowest BCUT2D eigenvalue weighted by molar-refractivity contribution is 0.0981. The Hall–Kier alpha value is -2.94. The van der Waals surface area contributed by atoms with Gasteiger partial charge in [-0.2, -0.15) is 0 Å². The second-order valence-corrected chi connectivity index (χ2v) is 8.89. The SMILES string of the molecule is Cc1ccc(Cl)cc1NC(=S)Nc1ccc(S(=O)(=O)NC(=O)c2ccccc2)cc1. The second kappa shape index (κ2) is 9.25. The van der Waals surface area contributed by atoms with Gasteiger partial charge in [0.2, 0.25) is 0 Å². The first kappa shape index (κ1) is 21.8. The summed E-state index contributed by atoms with van der Waals surface area (Å²) in [4.78, 5) is 12.1. The number of anilines is 2. The van der Waals surface area contributed by atoms with Gasteiger partial charge in [-0.1, -0.05) is 35.9 Å². The number of benzene rings is 3. The van der Waals surface area contributed by atoms with Crippen molar-refractivity contribution >= 4 is 56.2 Å². The number of rotatable bonds is 5. The van der Waals surface area contributed by atoms with Crippen LogP contribution in [-0.4, -0.2) is 19.4 Å². The molecule has 0 unspecified atom stereocenters. The van der Waals surface area contributed by atoms with Crippen LogP contribution in [0, 0.1) is 6.92 Å². The fraction of sp³-hybridized carbons (Fsp3) is 0.0476. The molecule has 0 fully saturated rings. The van der Waals surface area contributed by atoms with Crippen LogP contribution >= 0.6 is 23.8 Å². The molecule has 0 heterocycles. The standard InChI is InChI=1S/C21H18ClN3O3S2/c1-14-7-8-16(22)13-19(14)24-21(29)23-17-9-11-18(12-10-17)30(27,28)25-20(26)15-5-3-2-4-6-15/h2-13H,1H3,(H,25,26)(H2,23,24,29). The number of sulfonamides is 1. The number of amides is 1. The number of nitrogens with one attached hydrogen (secondary N) is 3. The molecule has 0 aliphatic rings. The lowest BCUT2D eigenvalue weighted by Gasteiger charge is -2.13. The number of carbonyl (C=O) groups excluding carboxylic acids is 1. The molecule has 30 heavy (non-hydrogen) atoms. The van der Waals surface area contributed by atoms with E-state index in [0.717, 1.165) is 11.3 Å². The normalized spacial score (nSPS) is 10.9. The molecular weight excluding hydrogens is 442 g/mol. The molecule has 3 N–H and O–H groups in total. The van der Waals surface area contributed by atoms with Crippen molar-refractivity contribution in [1.82, 2.24) is 4.72 Å². The van der Waals surface area contributed by atoms with Crippen LogP contribution < -0.4 is 15.4 Å². The third kappa shape index (κ3) is 5.56. The molecule has 0 aliphatic heterocycles. The minimum absolute atomic E-state index is 0.0399. The van der Waals surface area contributed by atoms with Crippen molar-refractivity contribution in [2.24, 2.45) is 0 Å². The highest BCUT2D eigenvalue weighted by molar-refractivity contribution is 7.90. The Labute approximate surface area is 185 Å². The Morgan fingerprint density at radius 1 is 0.933 bits per heavy atom. The fourth-order valence-electron chi connectivity index (χ4n) is 2.56. The molecule has 0 bridgehead atoms. The topological polar surface area (TPSA) is 87.3 Å². The number of aryl methyl sites for hydroxylation is 1. The molecule has 3 aromatic carbocycles. The van der Waals surface area contributed by atoms with Crippen LogP contribution in [0.15, 0.2) is 77.7 Å². The van der Waals surface area contributed by atoms with Gasteiger partial charge < -0.3 is 10.6 Å². The lowest BCUT2D eigenvalue weighted by Crippen LogP contribution is -2.30. The van der Waals surface area contributed by atoms with Gasteiger partial charge in [0.15, 0.2) is 5.11 Å². The van der Waals surface area contributed by atoms with E-state index in [1.165, 1.54) is 24.3 Å². The first-order chi connectivity index (χ1) is 14.2. The summed E-state index contributed by atoms with van der Waals surface area (Å²) in [5.74, 6) is -0.694. The van der Waals surface area contributed by atoms with Crippen molar-refractivity contribution in [1.29, 1.82) is 0 Å². The molecule has 3 aromatic rings. The predicted molar refractivity (Wildman–Crippen MR) is 124 cm³/mol. The highest BCUT2D eigenvalue weighted by Gasteiger charge is 2.18. The highest BCUT2D eigenvalue weighted by atomic mass is 35.5. The van der Waals surface area contributed by atoms with Gasteiger partial charge in [-0.3, -0.25) is 4.79 Å². The summed E-state index contributed by atoms with van der Waals surface area (Å²) < 4.78 is 27.0. The van der Waals surface area contributed by atoms with Crippen molar-refractivity contribution in [2.75, 3.05) is 10.6 Å². The summed E-state index contributed by atoms with van der Waals surface area (Å²) in [6, 6.07) is 19.4. The maximum Gasteiger partial charge on any atom is 0.264 e. The Kier molecular flexibility index (Phi) is 6.71. The summed E-state index contributed by atoms with van der Waals surface area (Å²) in [7, 11) is -4.00. The van der Waals surface area contributed by atoms with E-state index in [0.29, 0.717) is 15.8 Å². The Morgan fingerprint density at radius 3 is 2.27 bits per heavy atom. The average Bonchev–Trinajstić information content (AvgIpc) is 2.71. The van der Waals surface area contributed by atoms with Gasteiger partial charge in [0.1, 0.15) is 0 Å². The summed E-state index contributed by atoms with van der Waals surface area (Å²) in [6.07, 6.45) is 0. The van der Waals surface area contributed by atoms with Crippen LogP contribution in [0.2, 0.25) is 5.02 Å². The molecule has 1 amide bonds. The Bertz CT molecular complexity index is 1180. The minimum Gasteiger partial charge on any atom is -0.332 e. The van der Waals surface area contributed by atoms with E-state index in [1.54, 1.807) is 42.5 Å². The predicted octanol–water partition coefficient (Wildman–Crippen LogP) is 4.58. The zero-order valence-electron chi connectivity index (χ0n) is 15.8. The average molecular weight is 460 g/mol. The summed E-state index contributed by atoms with van der Waals surface area (Å²) in [5, 5.41) is 6.94. The number of thiocarbonyl (C=S) groups is 1. The molecule has 0 radical (unpaired) electrons. The largest absolute Gasteiger partial charge is 0.332 e. The van der Waals surface area contributed by atoms with E-state index < -0.39 is 15.9 Å². The first-order valence-corrected chi connectivity index (χ1v) is 11.1. The number of hydrogen-bond acceptors (Lipinski definition) is 4. The maximum absolute atomic E-state index is 12.5. The molecule has 0 saturated carbocycles. The first-order valence-electron chi connectivity index (χ1n) is 8.81. The van der Waals surface area contributed by atoms with Gasteiger partial charge in [0.05, 0.1) is 4.90 Å². The van der Waals surface area contributed by atoms with Gasteiger partial charge in [0.25, 0.3) is 15.9 Å². The van der Waals surface area contributed by atoms with Crippen LogP contribution in [0.5, 0.6) is 0 Å². The smallest absolute Gasteiger partial charge is 0.264 e. The minimum atomic E-state index is -4.00. The van der Waals surface area contributed by atoms with Crippen LogP contribution in [0.25, 0.3) is 0 Å². The molecule has 9 heteroatoms. The van der Waals surface area contributed by atoms with E-state index >= 15 is 0 Å². The van der Waals surface area contributed by atoms with Crippen molar-refractivity contribution in [3.63, 3.8) is 0 Å². The molecule has 0 saturated heterocycles. The molecule has 154 valence electrons. The van der Waals surface area contributed by atoms with Gasteiger partial charge in [-0.05, 0) is 73.2 Å². The molecule has 0 aromatic heterocycles. The second-order valence-electron chi connectivity index (χ2n) is 6.36. The van der Waals surface area contributed by atoms with E-state index in [9.17, 15) is 13.2 Å². The van der Waals surface area contributed by atoms with Crippen molar-refractivity contribution in [3.8, 4) is 0 Å². The van der Waals surface area contributed by atoms with Gasteiger partial charge in [0, 0.05) is 22.0 Å². The van der Waals surface area contributed by atoms with Crippen LogP contribution in [0.1, 0.15) is 15.9 Å². The molecule has 0 atom stereocenters. The molecule has 3 rings (SSSR count). The van der Waals surface area contributed by atoms with Gasteiger partial charge in [-0.15, -0.1) is 0 Å². The highest BCUT2D eigenvalue weighted by Crippen LogP contribution is 2.21. The molecular formula is C21H18ClN3O3S2. The number of halogens is 1. The van der Waals surface area contributed by atoms with E-state index in [4.69, 9.17) is 23.8 Å². The van der Waals surface area contributed by atoms with Gasteiger partial charge in [-0.25, -0.2) is 13.1 Å². The Balaban J connectivity index is 1.66. The van der Waals surface area contributed by atoms with Gasteiger partial charge >= 0.3 is 0 Å². The maximum atomic E-state index is 12.5. The quantitative estimate of drug-likeness (QED) is 0.484. The number of carbonyl (C=O) groups is 1. The monoisotopic (exact) mass is 459 g/mol. The van der Waals surface area contributed by atoms with E-state index in [1.807, 2.05) is 13.0 Å².